The van der Waals surface area contributed by atoms with E-state index in [0.29, 0.717) is 37.0 Å². The van der Waals surface area contributed by atoms with E-state index in [4.69, 9.17) is 25.1 Å². The van der Waals surface area contributed by atoms with Crippen LogP contribution in [0, 0.1) is 19.3 Å². The number of carbonyl (C=O) groups excluding carboxylic acids is 1. The molecule has 0 saturated heterocycles. The van der Waals surface area contributed by atoms with E-state index in [1.807, 2.05) is 31.2 Å². The minimum Gasteiger partial charge on any atom is -0.493 e. The minimum atomic E-state index is -1.07. The second kappa shape index (κ2) is 10.1. The molecule has 1 heterocycles. The molecule has 0 fully saturated rings. The second-order valence-electron chi connectivity index (χ2n) is 7.65. The maximum atomic E-state index is 12.0. The van der Waals surface area contributed by atoms with Gasteiger partial charge >= 0.3 is 5.97 Å². The van der Waals surface area contributed by atoms with Gasteiger partial charge in [-0.2, -0.15) is 0 Å². The van der Waals surface area contributed by atoms with E-state index in [1.165, 1.54) is 0 Å². The zero-order valence-electron chi connectivity index (χ0n) is 18.8. The van der Waals surface area contributed by atoms with Crippen molar-refractivity contribution < 1.29 is 23.4 Å². The van der Waals surface area contributed by atoms with Crippen LogP contribution in [0.2, 0.25) is 0 Å². The van der Waals surface area contributed by atoms with Gasteiger partial charge in [0, 0.05) is 17.5 Å². The number of nitrogens with zero attached hydrogens (tertiary/aromatic N) is 1. The molecule has 1 aromatic heterocycles. The Morgan fingerprint density at radius 3 is 2.56 bits per heavy atom. The lowest BCUT2D eigenvalue weighted by Gasteiger charge is -2.24. The summed E-state index contributed by atoms with van der Waals surface area (Å²) in [6, 6.07) is 14.6. The molecule has 0 saturated carbocycles. The number of benzene rings is 2. The van der Waals surface area contributed by atoms with Crippen molar-refractivity contribution in [3.05, 3.63) is 65.5 Å². The molecule has 2 aromatic carbocycles. The highest BCUT2D eigenvalue weighted by Crippen LogP contribution is 2.25. The van der Waals surface area contributed by atoms with Crippen LogP contribution in [-0.4, -0.2) is 29.8 Å². The lowest BCUT2D eigenvalue weighted by atomic mass is 10.1. The van der Waals surface area contributed by atoms with Gasteiger partial charge in [-0.15, -0.1) is 6.42 Å². The van der Waals surface area contributed by atoms with E-state index < -0.39 is 11.6 Å². The van der Waals surface area contributed by atoms with Crippen LogP contribution in [0.15, 0.2) is 52.9 Å². The fourth-order valence-electron chi connectivity index (χ4n) is 3.04. The highest BCUT2D eigenvalue weighted by Gasteiger charge is 2.31. The zero-order chi connectivity index (χ0) is 23.1. The molecule has 0 unspecified atom stereocenters. The molecule has 0 bridgehead atoms. The number of hydrogen-bond acceptors (Lipinski definition) is 6. The smallest absolute Gasteiger partial charge is 0.349 e. The lowest BCUT2D eigenvalue weighted by Crippen LogP contribution is -2.39. The Labute approximate surface area is 188 Å². The van der Waals surface area contributed by atoms with Crippen LogP contribution in [-0.2, 0) is 16.0 Å². The summed E-state index contributed by atoms with van der Waals surface area (Å²) in [4.78, 5) is 16.6. The first-order chi connectivity index (χ1) is 15.3. The molecular weight excluding hydrogens is 406 g/mol. The van der Waals surface area contributed by atoms with E-state index in [9.17, 15) is 4.79 Å². The van der Waals surface area contributed by atoms with Crippen molar-refractivity contribution in [2.24, 2.45) is 0 Å². The number of oxazole rings is 1. The molecule has 3 aromatic rings. The van der Waals surface area contributed by atoms with E-state index in [0.717, 1.165) is 22.6 Å². The molecular formula is C26H27NO5. The molecule has 6 heteroatoms. The van der Waals surface area contributed by atoms with Crippen LogP contribution < -0.4 is 9.47 Å². The molecule has 0 aliphatic rings. The SMILES string of the molecule is C#Cc1cccc(-c2nc(CCOc3ccc(OC(C)(C)C(=O)OCC)cc3)c(C)o2)c1. The Morgan fingerprint density at radius 1 is 1.16 bits per heavy atom. The Hall–Kier alpha value is -3.72. The first-order valence-corrected chi connectivity index (χ1v) is 10.4. The van der Waals surface area contributed by atoms with Crippen molar-refractivity contribution in [3.8, 4) is 35.3 Å². The quantitative estimate of drug-likeness (QED) is 0.350. The summed E-state index contributed by atoms with van der Waals surface area (Å²) in [5.74, 6) is 4.75. The topological polar surface area (TPSA) is 70.8 Å². The van der Waals surface area contributed by atoms with Crippen molar-refractivity contribution in [2.75, 3.05) is 13.2 Å². The summed E-state index contributed by atoms with van der Waals surface area (Å²) in [5.41, 5.74) is 1.39. The Morgan fingerprint density at radius 2 is 1.88 bits per heavy atom. The normalized spacial score (nSPS) is 11.0. The van der Waals surface area contributed by atoms with Crippen molar-refractivity contribution in [1.29, 1.82) is 0 Å². The number of esters is 1. The van der Waals surface area contributed by atoms with E-state index in [-0.39, 0.29) is 0 Å². The second-order valence-corrected chi connectivity index (χ2v) is 7.65. The Kier molecular flexibility index (Phi) is 7.21. The van der Waals surface area contributed by atoms with Crippen molar-refractivity contribution >= 4 is 5.97 Å². The number of aromatic nitrogens is 1. The average molecular weight is 434 g/mol. The highest BCUT2D eigenvalue weighted by atomic mass is 16.6. The van der Waals surface area contributed by atoms with Crippen molar-refractivity contribution in [1.82, 2.24) is 4.98 Å². The maximum absolute atomic E-state index is 12.0. The number of terminal acetylenes is 1. The summed E-state index contributed by atoms with van der Waals surface area (Å²) in [6.07, 6.45) is 6.07. The minimum absolute atomic E-state index is 0.308. The van der Waals surface area contributed by atoms with E-state index >= 15 is 0 Å². The number of aryl methyl sites for hydroxylation is 1. The first-order valence-electron chi connectivity index (χ1n) is 10.4. The standard InChI is InChI=1S/C26H27NO5/c1-6-19-9-8-10-20(17-19)24-27-23(18(3)31-24)15-16-30-21-11-13-22(14-12-21)32-26(4,5)25(28)29-7-2/h1,8-14,17H,7,15-16H2,2-5H3. The van der Waals surface area contributed by atoms with Crippen LogP contribution in [0.4, 0.5) is 0 Å². The predicted octanol–water partition coefficient (Wildman–Crippen LogP) is 4.97. The zero-order valence-corrected chi connectivity index (χ0v) is 18.8. The number of ether oxygens (including phenoxy) is 3. The summed E-state index contributed by atoms with van der Waals surface area (Å²) >= 11 is 0. The van der Waals surface area contributed by atoms with Crippen molar-refractivity contribution in [3.63, 3.8) is 0 Å². The lowest BCUT2D eigenvalue weighted by molar-refractivity contribution is -0.158. The van der Waals surface area contributed by atoms with Gasteiger partial charge in [0.2, 0.25) is 5.89 Å². The summed E-state index contributed by atoms with van der Waals surface area (Å²) < 4.78 is 22.4. The third kappa shape index (κ3) is 5.70. The fraction of sp³-hybridized carbons (Fsp3) is 0.308. The molecule has 0 amide bonds. The van der Waals surface area contributed by atoms with Gasteiger partial charge in [-0.25, -0.2) is 9.78 Å². The molecule has 6 nitrogen and oxygen atoms in total. The molecule has 32 heavy (non-hydrogen) atoms. The highest BCUT2D eigenvalue weighted by molar-refractivity contribution is 5.79. The summed E-state index contributed by atoms with van der Waals surface area (Å²) in [6.45, 7) is 7.74. The van der Waals surface area contributed by atoms with Crippen LogP contribution >= 0.6 is 0 Å². The third-order valence-corrected chi connectivity index (χ3v) is 4.74. The molecule has 3 rings (SSSR count). The Balaban J connectivity index is 1.56. The average Bonchev–Trinajstić information content (AvgIpc) is 3.15. The number of carbonyl (C=O) groups is 1. The molecule has 0 aliphatic heterocycles. The number of rotatable bonds is 9. The van der Waals surface area contributed by atoms with Gasteiger partial charge in [0.05, 0.1) is 18.9 Å². The molecule has 166 valence electrons. The van der Waals surface area contributed by atoms with Gasteiger partial charge in [-0.1, -0.05) is 12.0 Å². The van der Waals surface area contributed by atoms with Crippen LogP contribution in [0.3, 0.4) is 0 Å². The van der Waals surface area contributed by atoms with Gasteiger partial charge in [0.25, 0.3) is 0 Å². The third-order valence-electron chi connectivity index (χ3n) is 4.74. The first kappa shape index (κ1) is 23.0. The van der Waals surface area contributed by atoms with Gasteiger partial charge in [0.1, 0.15) is 17.3 Å². The van der Waals surface area contributed by atoms with E-state index in [1.54, 1.807) is 45.0 Å². The van der Waals surface area contributed by atoms with Crippen LogP contribution in [0.5, 0.6) is 11.5 Å². The molecule has 0 atom stereocenters. The maximum Gasteiger partial charge on any atom is 0.349 e. The molecule has 0 N–H and O–H groups in total. The molecule has 0 radical (unpaired) electrons. The summed E-state index contributed by atoms with van der Waals surface area (Å²) in [7, 11) is 0. The van der Waals surface area contributed by atoms with Gasteiger partial charge in [0.15, 0.2) is 5.60 Å². The predicted molar refractivity (Wildman–Crippen MR) is 122 cm³/mol. The van der Waals surface area contributed by atoms with Gasteiger partial charge in [-0.3, -0.25) is 0 Å². The number of hydrogen-bond donors (Lipinski definition) is 0. The monoisotopic (exact) mass is 433 g/mol. The van der Waals surface area contributed by atoms with Gasteiger partial charge < -0.3 is 18.6 Å². The van der Waals surface area contributed by atoms with Crippen molar-refractivity contribution in [2.45, 2.75) is 39.7 Å². The Bertz CT molecular complexity index is 1110. The van der Waals surface area contributed by atoms with Crippen LogP contribution in [0.25, 0.3) is 11.5 Å². The van der Waals surface area contributed by atoms with Crippen LogP contribution in [0.1, 0.15) is 37.8 Å². The fourth-order valence-corrected chi connectivity index (χ4v) is 3.04. The summed E-state index contributed by atoms with van der Waals surface area (Å²) in [5, 5.41) is 0. The molecule has 0 spiro atoms. The largest absolute Gasteiger partial charge is 0.493 e. The van der Waals surface area contributed by atoms with E-state index in [2.05, 4.69) is 10.9 Å². The van der Waals surface area contributed by atoms with Gasteiger partial charge in [-0.05, 0) is 70.2 Å². The molecule has 0 aliphatic carbocycles.